The van der Waals surface area contributed by atoms with Crippen molar-refractivity contribution in [1.82, 2.24) is 5.32 Å². The zero-order chi connectivity index (χ0) is 20.4. The number of hydrogen-bond acceptors (Lipinski definition) is 3. The van der Waals surface area contributed by atoms with Gasteiger partial charge in [0, 0.05) is 23.6 Å². The monoisotopic (exact) mass is 379 g/mol. The van der Waals surface area contributed by atoms with Gasteiger partial charge in [0.2, 0.25) is 5.91 Å². The lowest BCUT2D eigenvalue weighted by atomic mass is 9.87. The van der Waals surface area contributed by atoms with Crippen molar-refractivity contribution in [2.24, 2.45) is 0 Å². The van der Waals surface area contributed by atoms with E-state index in [1.807, 2.05) is 38.1 Å². The number of amides is 1. The average Bonchev–Trinajstić information content (AvgIpc) is 2.60. The molecule has 0 bridgehead atoms. The van der Waals surface area contributed by atoms with Crippen molar-refractivity contribution in [1.29, 1.82) is 0 Å². The Bertz CT molecular complexity index is 930. The van der Waals surface area contributed by atoms with E-state index in [9.17, 15) is 9.90 Å². The molecule has 2 aromatic rings. The van der Waals surface area contributed by atoms with Crippen molar-refractivity contribution in [3.05, 3.63) is 53.1 Å². The van der Waals surface area contributed by atoms with Gasteiger partial charge in [-0.2, -0.15) is 0 Å². The molecule has 1 unspecified atom stereocenters. The second kappa shape index (κ2) is 8.09. The van der Waals surface area contributed by atoms with Gasteiger partial charge in [0.05, 0.1) is 11.6 Å². The molecule has 0 fully saturated rings. The van der Waals surface area contributed by atoms with E-state index in [1.54, 1.807) is 0 Å². The maximum Gasteiger partial charge on any atom is 0.217 e. The standard InChI is InChI=1S/C24H29NO3/c1-6-7-8-9-18-13-21-23(24(27)22(18)15(3)25-17(5)26)20-12-14(2)10-11-19(20)16(4)28-21/h10-13,15,27H,4,6-9H2,1-3,5H3,(H,25,26). The zero-order valence-electron chi connectivity index (χ0n) is 17.2. The van der Waals surface area contributed by atoms with E-state index in [0.717, 1.165) is 53.5 Å². The summed E-state index contributed by atoms with van der Waals surface area (Å²) in [5.41, 5.74) is 5.36. The number of carbonyl (C=O) groups excluding carboxylic acids is 1. The smallest absolute Gasteiger partial charge is 0.217 e. The Morgan fingerprint density at radius 3 is 2.68 bits per heavy atom. The Kier molecular flexibility index (Phi) is 5.78. The van der Waals surface area contributed by atoms with Gasteiger partial charge in [-0.3, -0.25) is 4.79 Å². The highest BCUT2D eigenvalue weighted by molar-refractivity contribution is 5.91. The molecule has 1 amide bonds. The second-order valence-electron chi connectivity index (χ2n) is 7.62. The van der Waals surface area contributed by atoms with E-state index in [-0.39, 0.29) is 17.7 Å². The molecule has 0 aromatic heterocycles. The number of nitrogens with one attached hydrogen (secondary N) is 1. The van der Waals surface area contributed by atoms with Crippen molar-refractivity contribution in [2.75, 3.05) is 0 Å². The molecule has 2 N–H and O–H groups in total. The van der Waals surface area contributed by atoms with Gasteiger partial charge in [-0.05, 0) is 38.3 Å². The second-order valence-corrected chi connectivity index (χ2v) is 7.62. The van der Waals surface area contributed by atoms with Crippen molar-refractivity contribution in [2.45, 2.75) is 59.4 Å². The van der Waals surface area contributed by atoms with Crippen LogP contribution in [0.4, 0.5) is 0 Å². The van der Waals surface area contributed by atoms with Crippen LogP contribution in [-0.2, 0) is 11.2 Å². The normalized spacial score (nSPS) is 13.4. The molecule has 0 saturated carbocycles. The largest absolute Gasteiger partial charge is 0.507 e. The fourth-order valence-electron chi connectivity index (χ4n) is 3.98. The lowest BCUT2D eigenvalue weighted by Crippen LogP contribution is -2.25. The Balaban J connectivity index is 2.20. The van der Waals surface area contributed by atoms with Gasteiger partial charge in [-0.15, -0.1) is 0 Å². The van der Waals surface area contributed by atoms with Gasteiger partial charge in [-0.25, -0.2) is 0 Å². The minimum Gasteiger partial charge on any atom is -0.507 e. The first-order chi connectivity index (χ1) is 13.3. The highest BCUT2D eigenvalue weighted by Crippen LogP contribution is 2.50. The van der Waals surface area contributed by atoms with E-state index >= 15 is 0 Å². The summed E-state index contributed by atoms with van der Waals surface area (Å²) >= 11 is 0. The summed E-state index contributed by atoms with van der Waals surface area (Å²) in [6.07, 6.45) is 4.07. The predicted molar refractivity (Wildman–Crippen MR) is 113 cm³/mol. The SMILES string of the molecule is C=C1Oc2cc(CCCCC)c(C(C)NC(C)=O)c(O)c2-c2cc(C)ccc21. The van der Waals surface area contributed by atoms with E-state index in [0.29, 0.717) is 17.1 Å². The van der Waals surface area contributed by atoms with Crippen LogP contribution >= 0.6 is 0 Å². The van der Waals surface area contributed by atoms with Crippen LogP contribution < -0.4 is 10.1 Å². The molecule has 3 rings (SSSR count). The molecule has 2 aromatic carbocycles. The number of fused-ring (bicyclic) bond motifs is 3. The molecule has 148 valence electrons. The molecule has 4 heteroatoms. The highest BCUT2D eigenvalue weighted by Gasteiger charge is 2.29. The molecule has 0 radical (unpaired) electrons. The number of ether oxygens (including phenoxy) is 1. The fraction of sp³-hybridized carbons (Fsp3) is 0.375. The highest BCUT2D eigenvalue weighted by atomic mass is 16.5. The Labute approximate surface area is 167 Å². The van der Waals surface area contributed by atoms with E-state index < -0.39 is 0 Å². The third-order valence-electron chi connectivity index (χ3n) is 5.27. The molecule has 1 heterocycles. The molecule has 1 atom stereocenters. The maximum atomic E-state index is 11.7. The van der Waals surface area contributed by atoms with Crippen LogP contribution in [0.1, 0.15) is 68.3 Å². The first kappa shape index (κ1) is 20.0. The Morgan fingerprint density at radius 1 is 1.25 bits per heavy atom. The summed E-state index contributed by atoms with van der Waals surface area (Å²) in [5.74, 6) is 1.28. The van der Waals surface area contributed by atoms with Gasteiger partial charge >= 0.3 is 0 Å². The molecular weight excluding hydrogens is 350 g/mol. The number of carbonyl (C=O) groups is 1. The lowest BCUT2D eigenvalue weighted by molar-refractivity contribution is -0.119. The van der Waals surface area contributed by atoms with Gasteiger partial charge in [-0.1, -0.05) is 50.1 Å². The predicted octanol–water partition coefficient (Wildman–Crippen LogP) is 5.66. The van der Waals surface area contributed by atoms with Gasteiger partial charge in [0.15, 0.2) is 0 Å². The zero-order valence-corrected chi connectivity index (χ0v) is 17.2. The Hall–Kier alpha value is -2.75. The molecule has 28 heavy (non-hydrogen) atoms. The summed E-state index contributed by atoms with van der Waals surface area (Å²) in [4.78, 5) is 11.7. The molecule has 0 saturated heterocycles. The summed E-state index contributed by atoms with van der Waals surface area (Å²) in [5, 5.41) is 14.2. The minimum absolute atomic E-state index is 0.120. The number of phenols is 1. The van der Waals surface area contributed by atoms with Crippen molar-refractivity contribution < 1.29 is 14.6 Å². The molecule has 1 aliphatic heterocycles. The van der Waals surface area contributed by atoms with Crippen molar-refractivity contribution in [3.8, 4) is 22.6 Å². The number of phenolic OH excluding ortho intramolecular Hbond substituents is 1. The summed E-state index contributed by atoms with van der Waals surface area (Å²) < 4.78 is 6.00. The molecule has 0 spiro atoms. The molecule has 4 nitrogen and oxygen atoms in total. The fourth-order valence-corrected chi connectivity index (χ4v) is 3.98. The number of rotatable bonds is 6. The topological polar surface area (TPSA) is 58.6 Å². The third-order valence-corrected chi connectivity index (χ3v) is 5.27. The number of hydrogen-bond donors (Lipinski definition) is 2. The number of unbranched alkanes of at least 4 members (excludes halogenated alkanes) is 2. The number of aryl methyl sites for hydroxylation is 2. The van der Waals surface area contributed by atoms with Crippen LogP contribution in [0.2, 0.25) is 0 Å². The summed E-state index contributed by atoms with van der Waals surface area (Å²) in [7, 11) is 0. The number of benzene rings is 2. The lowest BCUT2D eigenvalue weighted by Gasteiger charge is -2.28. The molecular formula is C24H29NO3. The maximum absolute atomic E-state index is 11.7. The van der Waals surface area contributed by atoms with Crippen LogP contribution in [-0.4, -0.2) is 11.0 Å². The van der Waals surface area contributed by atoms with Gasteiger partial charge < -0.3 is 15.2 Å². The molecule has 1 aliphatic rings. The van der Waals surface area contributed by atoms with E-state index in [2.05, 4.69) is 18.8 Å². The van der Waals surface area contributed by atoms with Crippen LogP contribution in [0.5, 0.6) is 11.5 Å². The average molecular weight is 380 g/mol. The van der Waals surface area contributed by atoms with Crippen molar-refractivity contribution in [3.63, 3.8) is 0 Å². The number of aromatic hydroxyl groups is 1. The first-order valence-electron chi connectivity index (χ1n) is 9.97. The first-order valence-corrected chi connectivity index (χ1v) is 9.97. The Morgan fingerprint density at radius 2 is 2.00 bits per heavy atom. The van der Waals surface area contributed by atoms with E-state index in [4.69, 9.17) is 4.74 Å². The summed E-state index contributed by atoms with van der Waals surface area (Å²) in [6.45, 7) is 11.6. The molecule has 0 aliphatic carbocycles. The van der Waals surface area contributed by atoms with Crippen LogP contribution in [0.25, 0.3) is 16.9 Å². The van der Waals surface area contributed by atoms with Gasteiger partial charge in [0.25, 0.3) is 0 Å². The van der Waals surface area contributed by atoms with Crippen molar-refractivity contribution >= 4 is 11.7 Å². The van der Waals surface area contributed by atoms with E-state index in [1.165, 1.54) is 6.92 Å². The summed E-state index contributed by atoms with van der Waals surface area (Å²) in [6, 6.07) is 7.74. The van der Waals surface area contributed by atoms with Crippen LogP contribution in [0.3, 0.4) is 0 Å². The van der Waals surface area contributed by atoms with Crippen LogP contribution in [0, 0.1) is 6.92 Å². The third kappa shape index (κ3) is 3.77. The minimum atomic E-state index is -0.294. The van der Waals surface area contributed by atoms with Crippen LogP contribution in [0.15, 0.2) is 30.8 Å². The quantitative estimate of drug-likeness (QED) is 0.637. The van der Waals surface area contributed by atoms with Gasteiger partial charge in [0.1, 0.15) is 17.3 Å².